The molecule has 0 aromatic heterocycles. The number of hydrogen-bond donors (Lipinski definition) is 1. The van der Waals surface area contributed by atoms with Crippen LogP contribution < -0.4 is 5.73 Å². The molecule has 2 atom stereocenters. The molecule has 0 aromatic rings. The van der Waals surface area contributed by atoms with Gasteiger partial charge in [0.05, 0.1) is 24.9 Å². The lowest BCUT2D eigenvalue weighted by Gasteiger charge is -2.30. The van der Waals surface area contributed by atoms with E-state index in [9.17, 15) is 8.78 Å². The highest BCUT2D eigenvalue weighted by Gasteiger charge is 2.35. The summed E-state index contributed by atoms with van der Waals surface area (Å²) in [4.78, 5) is 0. The van der Waals surface area contributed by atoms with Gasteiger partial charge in [0.25, 0.3) is 0 Å². The normalized spacial score (nSPS) is 26.7. The zero-order chi connectivity index (χ0) is 16.0. The zero-order valence-electron chi connectivity index (χ0n) is 13.7. The molecule has 2 N–H and O–H groups in total. The maximum absolute atomic E-state index is 13.1. The smallest absolute Gasteiger partial charge is 0.248 e. The summed E-state index contributed by atoms with van der Waals surface area (Å²) in [6, 6.07) is -0.189. The van der Waals surface area contributed by atoms with Crippen molar-refractivity contribution >= 4 is 0 Å². The van der Waals surface area contributed by atoms with E-state index in [2.05, 4.69) is 0 Å². The van der Waals surface area contributed by atoms with Crippen molar-refractivity contribution in [3.8, 4) is 0 Å². The molecule has 2 aliphatic carbocycles. The van der Waals surface area contributed by atoms with E-state index in [4.69, 9.17) is 15.2 Å². The Morgan fingerprint density at radius 2 is 1.73 bits per heavy atom. The number of halogens is 2. The monoisotopic (exact) mass is 319 g/mol. The van der Waals surface area contributed by atoms with Crippen molar-refractivity contribution in [3.63, 3.8) is 0 Å². The molecule has 0 unspecified atom stereocenters. The van der Waals surface area contributed by atoms with Crippen molar-refractivity contribution in [3.05, 3.63) is 0 Å². The SMILES string of the molecule is C[C@@H](OCC1CCCCC1)[C@H](N)COC1CCC(F)(F)CC1. The van der Waals surface area contributed by atoms with Crippen LogP contribution in [0.15, 0.2) is 0 Å². The minimum absolute atomic E-state index is 0.0491. The second-order valence-corrected chi connectivity index (χ2v) is 7.09. The van der Waals surface area contributed by atoms with Gasteiger partial charge in [-0.3, -0.25) is 0 Å². The lowest BCUT2D eigenvalue weighted by atomic mass is 9.90. The van der Waals surface area contributed by atoms with Crippen molar-refractivity contribution in [2.24, 2.45) is 11.7 Å². The number of nitrogens with two attached hydrogens (primary N) is 1. The minimum Gasteiger partial charge on any atom is -0.377 e. The molecule has 130 valence electrons. The fourth-order valence-corrected chi connectivity index (χ4v) is 3.33. The topological polar surface area (TPSA) is 44.5 Å². The second-order valence-electron chi connectivity index (χ2n) is 7.09. The summed E-state index contributed by atoms with van der Waals surface area (Å²) < 4.78 is 37.8. The Labute approximate surface area is 132 Å². The Balaban J connectivity index is 1.58. The first-order chi connectivity index (χ1) is 10.5. The molecule has 0 amide bonds. The molecule has 5 heteroatoms. The van der Waals surface area contributed by atoms with Crippen molar-refractivity contribution < 1.29 is 18.3 Å². The summed E-state index contributed by atoms with van der Waals surface area (Å²) in [6.07, 6.45) is 7.08. The van der Waals surface area contributed by atoms with Gasteiger partial charge in [0, 0.05) is 19.4 Å². The number of alkyl halides is 2. The molecule has 0 spiro atoms. The highest BCUT2D eigenvalue weighted by atomic mass is 19.3. The average molecular weight is 319 g/mol. The van der Waals surface area contributed by atoms with E-state index in [0.717, 1.165) is 6.61 Å². The summed E-state index contributed by atoms with van der Waals surface area (Å²) >= 11 is 0. The molecular formula is C17H31F2NO2. The van der Waals surface area contributed by atoms with Crippen LogP contribution in [0.1, 0.15) is 64.7 Å². The third-order valence-electron chi connectivity index (χ3n) is 5.11. The van der Waals surface area contributed by atoms with Crippen molar-refractivity contribution in [1.29, 1.82) is 0 Å². The number of rotatable bonds is 7. The molecule has 0 radical (unpaired) electrons. The summed E-state index contributed by atoms with van der Waals surface area (Å²) in [5.41, 5.74) is 6.11. The standard InChI is InChI=1S/C17H31F2NO2/c1-13(21-11-14-5-3-2-4-6-14)16(20)12-22-15-7-9-17(18,19)10-8-15/h13-16H,2-12,20H2,1H3/t13-,16-/m1/s1. The highest BCUT2D eigenvalue weighted by molar-refractivity contribution is 4.79. The predicted octanol–water partition coefficient (Wildman–Crippen LogP) is 3.89. The molecule has 22 heavy (non-hydrogen) atoms. The van der Waals surface area contributed by atoms with E-state index in [-0.39, 0.29) is 31.1 Å². The fraction of sp³-hybridized carbons (Fsp3) is 1.00. The van der Waals surface area contributed by atoms with Gasteiger partial charge in [0.2, 0.25) is 5.92 Å². The summed E-state index contributed by atoms with van der Waals surface area (Å²) in [5.74, 6) is -1.83. The van der Waals surface area contributed by atoms with Gasteiger partial charge in [-0.25, -0.2) is 8.78 Å². The molecule has 0 bridgehead atoms. The Hall–Kier alpha value is -0.260. The van der Waals surface area contributed by atoms with E-state index in [1.165, 1.54) is 32.1 Å². The van der Waals surface area contributed by atoms with Crippen LogP contribution in [0, 0.1) is 5.92 Å². The van der Waals surface area contributed by atoms with Crippen LogP contribution in [0.4, 0.5) is 8.78 Å². The quantitative estimate of drug-likeness (QED) is 0.774. The van der Waals surface area contributed by atoms with Gasteiger partial charge < -0.3 is 15.2 Å². The summed E-state index contributed by atoms with van der Waals surface area (Å²) in [6.45, 7) is 3.15. The third-order valence-corrected chi connectivity index (χ3v) is 5.11. The molecule has 2 fully saturated rings. The van der Waals surface area contributed by atoms with Crippen LogP contribution in [-0.2, 0) is 9.47 Å². The Bertz CT molecular complexity index is 312. The maximum atomic E-state index is 13.1. The highest BCUT2D eigenvalue weighted by Crippen LogP contribution is 2.34. The maximum Gasteiger partial charge on any atom is 0.248 e. The van der Waals surface area contributed by atoms with Crippen LogP contribution >= 0.6 is 0 Å². The molecule has 0 heterocycles. The van der Waals surface area contributed by atoms with Crippen molar-refractivity contribution in [2.75, 3.05) is 13.2 Å². The van der Waals surface area contributed by atoms with E-state index >= 15 is 0 Å². The van der Waals surface area contributed by atoms with E-state index < -0.39 is 5.92 Å². The molecule has 2 saturated carbocycles. The van der Waals surface area contributed by atoms with Crippen LogP contribution in [-0.4, -0.2) is 37.4 Å². The summed E-state index contributed by atoms with van der Waals surface area (Å²) in [5, 5.41) is 0. The molecule has 0 aromatic carbocycles. The third kappa shape index (κ3) is 6.09. The minimum atomic E-state index is -2.50. The molecule has 0 aliphatic heterocycles. The Kier molecular flexibility index (Phi) is 7.03. The lowest BCUT2D eigenvalue weighted by Crippen LogP contribution is -2.41. The summed E-state index contributed by atoms with van der Waals surface area (Å²) in [7, 11) is 0. The molecule has 2 rings (SSSR count). The van der Waals surface area contributed by atoms with Crippen LogP contribution in [0.3, 0.4) is 0 Å². The van der Waals surface area contributed by atoms with Crippen molar-refractivity contribution in [2.45, 2.75) is 88.9 Å². The van der Waals surface area contributed by atoms with Gasteiger partial charge in [0.15, 0.2) is 0 Å². The van der Waals surface area contributed by atoms with Gasteiger partial charge in [-0.05, 0) is 38.5 Å². The van der Waals surface area contributed by atoms with Gasteiger partial charge in [-0.1, -0.05) is 19.3 Å². The van der Waals surface area contributed by atoms with Crippen LogP contribution in [0.25, 0.3) is 0 Å². The van der Waals surface area contributed by atoms with E-state index in [1.807, 2.05) is 6.92 Å². The largest absolute Gasteiger partial charge is 0.377 e. The first kappa shape index (κ1) is 18.1. The average Bonchev–Trinajstić information content (AvgIpc) is 2.52. The zero-order valence-corrected chi connectivity index (χ0v) is 13.7. The van der Waals surface area contributed by atoms with Crippen molar-refractivity contribution in [1.82, 2.24) is 0 Å². The Morgan fingerprint density at radius 1 is 1.09 bits per heavy atom. The first-order valence-corrected chi connectivity index (χ1v) is 8.83. The fourth-order valence-electron chi connectivity index (χ4n) is 3.33. The Morgan fingerprint density at radius 3 is 2.36 bits per heavy atom. The number of ether oxygens (including phenoxy) is 2. The van der Waals surface area contributed by atoms with Crippen LogP contribution in [0.5, 0.6) is 0 Å². The molecule has 0 saturated heterocycles. The number of hydrogen-bond acceptors (Lipinski definition) is 3. The molecule has 3 nitrogen and oxygen atoms in total. The van der Waals surface area contributed by atoms with E-state index in [0.29, 0.717) is 25.4 Å². The van der Waals surface area contributed by atoms with Gasteiger partial charge >= 0.3 is 0 Å². The van der Waals surface area contributed by atoms with Gasteiger partial charge in [-0.2, -0.15) is 0 Å². The lowest BCUT2D eigenvalue weighted by molar-refractivity contribution is -0.0882. The van der Waals surface area contributed by atoms with E-state index in [1.54, 1.807) is 0 Å². The predicted molar refractivity (Wildman–Crippen MR) is 83.1 cm³/mol. The molecule has 2 aliphatic rings. The first-order valence-electron chi connectivity index (χ1n) is 8.83. The van der Waals surface area contributed by atoms with Gasteiger partial charge in [0.1, 0.15) is 0 Å². The van der Waals surface area contributed by atoms with Gasteiger partial charge in [-0.15, -0.1) is 0 Å². The van der Waals surface area contributed by atoms with Crippen LogP contribution in [0.2, 0.25) is 0 Å². The second kappa shape index (κ2) is 8.55. The molecular weight excluding hydrogens is 288 g/mol.